The van der Waals surface area contributed by atoms with Crippen LogP contribution in [-0.4, -0.2) is 46.0 Å². The SMILES string of the molecule is O=C(O)C1(NCc2cccc(OCCCCCNCC(O)c3ccc(O)c4[nH]c(=O)ccc34)c2)CCc2ccccc21. The average Bonchev–Trinajstić information content (AvgIpc) is 3.38. The molecule has 2 unspecified atom stereocenters. The number of carboxylic acid groups (broad SMARTS) is 1. The second-order valence-electron chi connectivity index (χ2n) is 10.8. The Morgan fingerprint density at radius 1 is 1.02 bits per heavy atom. The zero-order valence-corrected chi connectivity index (χ0v) is 23.4. The number of aliphatic carboxylic acids is 1. The van der Waals surface area contributed by atoms with Crippen molar-refractivity contribution in [3.63, 3.8) is 0 Å². The van der Waals surface area contributed by atoms with Crippen LogP contribution in [-0.2, 0) is 23.3 Å². The molecular weight excluding hydrogens is 534 g/mol. The summed E-state index contributed by atoms with van der Waals surface area (Å²) >= 11 is 0. The van der Waals surface area contributed by atoms with Crippen molar-refractivity contribution in [2.75, 3.05) is 19.7 Å². The third-order valence-corrected chi connectivity index (χ3v) is 7.97. The maximum absolute atomic E-state index is 12.3. The first-order valence-electron chi connectivity index (χ1n) is 14.4. The fraction of sp³-hybridized carbons (Fsp3) is 0.333. The van der Waals surface area contributed by atoms with E-state index in [1.165, 1.54) is 12.1 Å². The number of hydrogen-bond donors (Lipinski definition) is 6. The van der Waals surface area contributed by atoms with Crippen LogP contribution in [0.5, 0.6) is 11.5 Å². The van der Waals surface area contributed by atoms with E-state index < -0.39 is 17.6 Å². The third-order valence-electron chi connectivity index (χ3n) is 7.97. The molecule has 0 bridgehead atoms. The lowest BCUT2D eigenvalue weighted by Gasteiger charge is -2.27. The number of carboxylic acids is 1. The number of aryl methyl sites for hydroxylation is 1. The third kappa shape index (κ3) is 6.49. The van der Waals surface area contributed by atoms with E-state index in [1.807, 2.05) is 48.5 Å². The van der Waals surface area contributed by atoms with Crippen LogP contribution in [0, 0.1) is 0 Å². The molecule has 6 N–H and O–H groups in total. The number of ether oxygens (including phenoxy) is 1. The molecule has 0 aliphatic heterocycles. The lowest BCUT2D eigenvalue weighted by atomic mass is 9.91. The first kappa shape index (κ1) is 29.3. The van der Waals surface area contributed by atoms with Gasteiger partial charge in [0.1, 0.15) is 17.0 Å². The van der Waals surface area contributed by atoms with Crippen LogP contribution in [0.4, 0.5) is 0 Å². The molecule has 0 saturated heterocycles. The molecule has 220 valence electrons. The number of carbonyl (C=O) groups is 1. The van der Waals surface area contributed by atoms with Gasteiger partial charge < -0.3 is 30.4 Å². The quantitative estimate of drug-likeness (QED) is 0.124. The Kier molecular flexibility index (Phi) is 9.22. The molecule has 5 rings (SSSR count). The smallest absolute Gasteiger partial charge is 0.328 e. The van der Waals surface area contributed by atoms with Gasteiger partial charge in [0.2, 0.25) is 5.56 Å². The Morgan fingerprint density at radius 2 is 1.88 bits per heavy atom. The van der Waals surface area contributed by atoms with Crippen molar-refractivity contribution >= 4 is 16.9 Å². The largest absolute Gasteiger partial charge is 0.506 e. The molecule has 0 fully saturated rings. The molecule has 1 aliphatic rings. The van der Waals surface area contributed by atoms with Crippen molar-refractivity contribution in [3.8, 4) is 11.5 Å². The van der Waals surface area contributed by atoms with Crippen molar-refractivity contribution in [2.45, 2.75) is 50.3 Å². The van der Waals surface area contributed by atoms with Gasteiger partial charge in [0.25, 0.3) is 0 Å². The second kappa shape index (κ2) is 13.2. The van der Waals surface area contributed by atoms with Crippen LogP contribution in [0.3, 0.4) is 0 Å². The van der Waals surface area contributed by atoms with Gasteiger partial charge in [-0.25, -0.2) is 4.79 Å². The van der Waals surface area contributed by atoms with Crippen molar-refractivity contribution in [1.29, 1.82) is 0 Å². The number of hydrogen-bond acceptors (Lipinski definition) is 7. The Morgan fingerprint density at radius 3 is 2.74 bits per heavy atom. The van der Waals surface area contributed by atoms with Crippen LogP contribution in [0.2, 0.25) is 0 Å². The van der Waals surface area contributed by atoms with Crippen molar-refractivity contribution in [2.24, 2.45) is 0 Å². The molecule has 1 aliphatic carbocycles. The van der Waals surface area contributed by atoms with E-state index in [4.69, 9.17) is 4.74 Å². The summed E-state index contributed by atoms with van der Waals surface area (Å²) in [5.74, 6) is -0.122. The van der Waals surface area contributed by atoms with Crippen molar-refractivity contribution in [3.05, 3.63) is 105 Å². The number of benzene rings is 3. The van der Waals surface area contributed by atoms with E-state index in [1.54, 1.807) is 12.1 Å². The summed E-state index contributed by atoms with van der Waals surface area (Å²) in [4.78, 5) is 26.5. The standard InChI is InChI=1S/C33H37N3O6/c37-28-13-11-25(26-12-14-30(39)36-31(26)28)29(38)21-34-17-4-1-5-18-42-24-9-6-7-22(19-24)20-35-33(32(40)41)16-15-23-8-2-3-10-27(23)33/h2-3,6-14,19,29,34-35,37-38H,1,4-5,15-18,20-21H2,(H,36,39)(H,40,41). The molecule has 0 spiro atoms. The van der Waals surface area contributed by atoms with Gasteiger partial charge in [-0.3, -0.25) is 10.1 Å². The molecule has 4 aromatic rings. The van der Waals surface area contributed by atoms with E-state index in [0.717, 1.165) is 54.7 Å². The number of aromatic nitrogens is 1. The molecule has 0 amide bonds. The Labute approximate surface area is 244 Å². The van der Waals surface area contributed by atoms with Crippen LogP contribution < -0.4 is 20.9 Å². The molecule has 42 heavy (non-hydrogen) atoms. The number of H-pyrrole nitrogens is 1. The highest BCUT2D eigenvalue weighted by Gasteiger charge is 2.45. The van der Waals surface area contributed by atoms with Crippen LogP contribution >= 0.6 is 0 Å². The number of pyridine rings is 1. The first-order valence-corrected chi connectivity index (χ1v) is 14.4. The second-order valence-corrected chi connectivity index (χ2v) is 10.8. The summed E-state index contributed by atoms with van der Waals surface area (Å²) in [6.45, 7) is 2.08. The van der Waals surface area contributed by atoms with Gasteiger partial charge in [-0.2, -0.15) is 0 Å². The van der Waals surface area contributed by atoms with Gasteiger partial charge in [0.05, 0.1) is 18.2 Å². The number of aromatic amines is 1. The lowest BCUT2D eigenvalue weighted by molar-refractivity contribution is -0.145. The molecular formula is C33H37N3O6. The zero-order valence-electron chi connectivity index (χ0n) is 23.4. The molecule has 2 atom stereocenters. The van der Waals surface area contributed by atoms with Gasteiger partial charge in [-0.05, 0) is 85.2 Å². The lowest BCUT2D eigenvalue weighted by Crippen LogP contribution is -2.47. The maximum atomic E-state index is 12.3. The maximum Gasteiger partial charge on any atom is 0.328 e. The number of fused-ring (bicyclic) bond motifs is 2. The number of phenolic OH excluding ortho intramolecular Hbond substituents is 1. The van der Waals surface area contributed by atoms with E-state index >= 15 is 0 Å². The first-order chi connectivity index (χ1) is 20.4. The highest BCUT2D eigenvalue weighted by atomic mass is 16.5. The fourth-order valence-corrected chi connectivity index (χ4v) is 5.71. The number of aromatic hydroxyl groups is 1. The molecule has 0 radical (unpaired) electrons. The summed E-state index contributed by atoms with van der Waals surface area (Å²) < 4.78 is 5.96. The highest BCUT2D eigenvalue weighted by molar-refractivity contribution is 5.87. The molecule has 3 aromatic carbocycles. The summed E-state index contributed by atoms with van der Waals surface area (Å²) in [7, 11) is 0. The molecule has 9 heteroatoms. The fourth-order valence-electron chi connectivity index (χ4n) is 5.71. The van der Waals surface area contributed by atoms with Gasteiger partial charge in [0.15, 0.2) is 0 Å². The monoisotopic (exact) mass is 571 g/mol. The molecule has 1 aromatic heterocycles. The van der Waals surface area contributed by atoms with E-state index in [2.05, 4.69) is 15.6 Å². The minimum absolute atomic E-state index is 0.0287. The summed E-state index contributed by atoms with van der Waals surface area (Å²) in [6.07, 6.45) is 3.24. The minimum Gasteiger partial charge on any atom is -0.506 e. The van der Waals surface area contributed by atoms with Crippen molar-refractivity contribution in [1.82, 2.24) is 15.6 Å². The van der Waals surface area contributed by atoms with Gasteiger partial charge in [0, 0.05) is 24.5 Å². The number of unbranched alkanes of at least 4 members (excludes halogenated alkanes) is 2. The van der Waals surface area contributed by atoms with Gasteiger partial charge >= 0.3 is 5.97 Å². The summed E-state index contributed by atoms with van der Waals surface area (Å²) in [5.41, 5.74) is 2.48. The summed E-state index contributed by atoms with van der Waals surface area (Å²) in [6, 6.07) is 21.6. The summed E-state index contributed by atoms with van der Waals surface area (Å²) in [5, 5.41) is 38.0. The average molecular weight is 572 g/mol. The highest BCUT2D eigenvalue weighted by Crippen LogP contribution is 2.37. The van der Waals surface area contributed by atoms with Crippen LogP contribution in [0.25, 0.3) is 10.9 Å². The number of phenols is 1. The minimum atomic E-state index is -1.07. The molecule has 0 saturated carbocycles. The molecule has 1 heterocycles. The van der Waals surface area contributed by atoms with E-state index in [-0.39, 0.29) is 11.3 Å². The predicted octanol–water partition coefficient (Wildman–Crippen LogP) is 4.12. The Bertz CT molecular complexity index is 1600. The predicted molar refractivity (Wildman–Crippen MR) is 161 cm³/mol. The van der Waals surface area contributed by atoms with E-state index in [9.17, 15) is 24.9 Å². The molecule has 9 nitrogen and oxygen atoms in total. The normalized spacial score (nSPS) is 16.8. The Balaban J connectivity index is 1.02. The van der Waals surface area contributed by atoms with Crippen molar-refractivity contribution < 1.29 is 24.9 Å². The Hall–Kier alpha value is -4.18. The van der Waals surface area contributed by atoms with Gasteiger partial charge in [-0.15, -0.1) is 0 Å². The van der Waals surface area contributed by atoms with E-state index in [0.29, 0.717) is 42.6 Å². The van der Waals surface area contributed by atoms with Crippen LogP contribution in [0.15, 0.2) is 77.6 Å². The van der Waals surface area contributed by atoms with Gasteiger partial charge in [-0.1, -0.05) is 42.5 Å². The number of aliphatic hydroxyl groups is 1. The zero-order chi connectivity index (χ0) is 29.5. The number of rotatable bonds is 14. The van der Waals surface area contributed by atoms with Crippen LogP contribution in [0.1, 0.15) is 54.0 Å². The topological polar surface area (TPSA) is 144 Å². The number of nitrogens with one attached hydrogen (secondary N) is 3. The number of aliphatic hydroxyl groups excluding tert-OH is 1.